The number of thiophene rings is 1. The number of hydrogen-bond acceptors (Lipinski definition) is 4. The summed E-state index contributed by atoms with van der Waals surface area (Å²) in [5, 5.41) is 1.56. The Morgan fingerprint density at radius 3 is 2.08 bits per heavy atom. The van der Waals surface area contributed by atoms with E-state index in [0.29, 0.717) is 22.8 Å². The van der Waals surface area contributed by atoms with Crippen LogP contribution in [0.2, 0.25) is 0 Å². The van der Waals surface area contributed by atoms with Gasteiger partial charge in [-0.2, -0.15) is 0 Å². The average molecular weight is 713 g/mol. The third-order valence-electron chi connectivity index (χ3n) is 9.78. The van der Waals surface area contributed by atoms with Gasteiger partial charge in [-0.1, -0.05) is 129 Å². The van der Waals surface area contributed by atoms with Crippen molar-refractivity contribution in [1.29, 1.82) is 0 Å². The van der Waals surface area contributed by atoms with Gasteiger partial charge in [-0.05, 0) is 64.7 Å². The van der Waals surface area contributed by atoms with E-state index in [1.165, 1.54) is 4.57 Å². The summed E-state index contributed by atoms with van der Waals surface area (Å²) in [6.07, 6.45) is 0. The molecule has 0 aliphatic heterocycles. The number of aromatic nitrogens is 4. The maximum atomic E-state index is 9.46. The molecule has 0 spiro atoms. The van der Waals surface area contributed by atoms with Gasteiger partial charge < -0.3 is 4.57 Å². The van der Waals surface area contributed by atoms with Crippen molar-refractivity contribution in [3.05, 3.63) is 169 Å². The summed E-state index contributed by atoms with van der Waals surface area (Å²) < 4.78 is 148. The molecule has 53 heavy (non-hydrogen) atoms. The molecule has 0 saturated carbocycles. The van der Waals surface area contributed by atoms with Crippen molar-refractivity contribution < 1.29 is 21.9 Å². The second-order valence-electron chi connectivity index (χ2n) is 12.8. The van der Waals surface area contributed by atoms with Crippen LogP contribution in [0.5, 0.6) is 0 Å². The van der Waals surface area contributed by atoms with E-state index in [-0.39, 0.29) is 33.3 Å². The molecule has 0 unspecified atom stereocenters. The Bertz CT molecular complexity index is 3870. The van der Waals surface area contributed by atoms with Crippen molar-refractivity contribution in [2.45, 2.75) is 19.1 Å². The van der Waals surface area contributed by atoms with Crippen molar-refractivity contribution in [3.63, 3.8) is 0 Å². The lowest BCUT2D eigenvalue weighted by atomic mass is 9.81. The van der Waals surface area contributed by atoms with Crippen molar-refractivity contribution in [3.8, 4) is 51.0 Å². The lowest BCUT2D eigenvalue weighted by molar-refractivity contribution is 0.664. The monoisotopic (exact) mass is 712 g/mol. The van der Waals surface area contributed by atoms with Gasteiger partial charge in [0.2, 0.25) is 0 Å². The van der Waals surface area contributed by atoms with Crippen LogP contribution in [0.25, 0.3) is 93.0 Å². The number of hydrogen-bond donors (Lipinski definition) is 0. The molecule has 0 saturated heterocycles. The summed E-state index contributed by atoms with van der Waals surface area (Å²) in [5.74, 6) is 1.00. The fourth-order valence-electron chi connectivity index (χ4n) is 7.35. The van der Waals surface area contributed by atoms with Crippen LogP contribution in [-0.2, 0) is 5.41 Å². The predicted octanol–water partition coefficient (Wildman–Crippen LogP) is 12.6. The quantitative estimate of drug-likeness (QED) is 0.182. The molecule has 11 rings (SSSR count). The van der Waals surface area contributed by atoms with Crippen LogP contribution in [-0.4, -0.2) is 19.5 Å². The summed E-state index contributed by atoms with van der Waals surface area (Å²) >= 11 is 1.65. The van der Waals surface area contributed by atoms with E-state index in [1.54, 1.807) is 35.6 Å². The molecule has 250 valence electrons. The molecular formula is C48H32N4S. The van der Waals surface area contributed by atoms with Crippen molar-refractivity contribution in [2.75, 3.05) is 0 Å². The molecule has 0 N–H and O–H groups in total. The standard InChI is InChI=1S/C48H32N4S/c1-48(2)39-17-9-6-14-33(39)37-26-27-38-34-15-7-10-18-40(34)52(44(38)43(37)48)32-23-20-30(21-24-32)46-49-45(29-12-4-3-5-13-29)50-47(51-46)31-22-25-36-35-16-8-11-19-41(35)53-42(36)28-31/h3-28H,1-2H3/i1D3,2D3,6D,7D,9D,10D,14D,15D,17D,18D,26D,27D. The Hall–Kier alpha value is -6.43. The molecule has 1 aliphatic rings. The van der Waals surface area contributed by atoms with Gasteiger partial charge in [0, 0.05) is 67.0 Å². The minimum Gasteiger partial charge on any atom is -0.309 e. The van der Waals surface area contributed by atoms with Gasteiger partial charge in [0.15, 0.2) is 17.5 Å². The molecular weight excluding hydrogens is 665 g/mol. The number of fused-ring (bicyclic) bond motifs is 10. The topological polar surface area (TPSA) is 43.6 Å². The van der Waals surface area contributed by atoms with Gasteiger partial charge in [-0.25, -0.2) is 15.0 Å². The van der Waals surface area contributed by atoms with Crippen LogP contribution in [0, 0.1) is 0 Å². The summed E-state index contributed by atoms with van der Waals surface area (Å²) in [6.45, 7) is -7.26. The summed E-state index contributed by atoms with van der Waals surface area (Å²) in [5.41, 5.74) is -4.47. The predicted molar refractivity (Wildman–Crippen MR) is 221 cm³/mol. The van der Waals surface area contributed by atoms with Gasteiger partial charge >= 0.3 is 0 Å². The Morgan fingerprint density at radius 2 is 1.25 bits per heavy atom. The fourth-order valence-corrected chi connectivity index (χ4v) is 8.50. The van der Waals surface area contributed by atoms with E-state index in [0.717, 1.165) is 25.7 Å². The Kier molecular flexibility index (Phi) is 3.91. The number of benzene rings is 7. The molecule has 5 heteroatoms. The van der Waals surface area contributed by atoms with Gasteiger partial charge in [0.1, 0.15) is 0 Å². The van der Waals surface area contributed by atoms with Crippen LogP contribution in [0.4, 0.5) is 0 Å². The van der Waals surface area contributed by atoms with Gasteiger partial charge in [0.25, 0.3) is 0 Å². The van der Waals surface area contributed by atoms with E-state index in [2.05, 4.69) is 12.1 Å². The second kappa shape index (κ2) is 11.3. The Morgan fingerprint density at radius 1 is 0.566 bits per heavy atom. The third-order valence-corrected chi connectivity index (χ3v) is 10.9. The molecule has 0 atom stereocenters. The first-order valence-electron chi connectivity index (χ1n) is 24.7. The lowest BCUT2D eigenvalue weighted by Gasteiger charge is -2.23. The molecule has 1 aliphatic carbocycles. The fraction of sp³-hybridized carbons (Fsp3) is 0.0625. The highest BCUT2D eigenvalue weighted by atomic mass is 32.1. The van der Waals surface area contributed by atoms with E-state index in [9.17, 15) is 4.11 Å². The van der Waals surface area contributed by atoms with Crippen LogP contribution in [0.3, 0.4) is 0 Å². The molecule has 0 amide bonds. The molecule has 0 radical (unpaired) electrons. The van der Waals surface area contributed by atoms with Gasteiger partial charge in [0.05, 0.1) is 24.7 Å². The minimum atomic E-state index is -3.63. The van der Waals surface area contributed by atoms with E-state index in [4.69, 9.17) is 32.8 Å². The Balaban J connectivity index is 1.21. The van der Waals surface area contributed by atoms with E-state index < -0.39 is 102 Å². The number of para-hydroxylation sites is 1. The van der Waals surface area contributed by atoms with Gasteiger partial charge in [-0.15, -0.1) is 11.3 Å². The zero-order chi connectivity index (χ0) is 49.0. The summed E-state index contributed by atoms with van der Waals surface area (Å²) in [4.78, 5) is 14.7. The number of rotatable bonds is 4. The van der Waals surface area contributed by atoms with E-state index >= 15 is 0 Å². The first-order chi connectivity index (χ1) is 32.7. The van der Waals surface area contributed by atoms with Crippen LogP contribution in [0.1, 0.15) is 46.8 Å². The SMILES string of the molecule is [2H]c1c([2H])c([2H])c2c(c1[2H])-c1c([2H])c([2H])c3c4c([2H])c([2H])c([2H])c([2H])c4n(-c4ccc(-c5nc(-c6ccccc6)nc(-c6ccc7c(c6)sc6ccccc67)n5)cc4)c3c1C2(C([2H])([2H])[2H])C([2H])([2H])[2H]. The first kappa shape index (κ1) is 18.4. The van der Waals surface area contributed by atoms with Crippen LogP contribution in [0.15, 0.2) is 157 Å². The van der Waals surface area contributed by atoms with Crippen molar-refractivity contribution in [2.24, 2.45) is 0 Å². The largest absolute Gasteiger partial charge is 0.309 e. The first-order valence-corrected chi connectivity index (χ1v) is 17.5. The normalized spacial score (nSPS) is 18.0. The zero-order valence-electron chi connectivity index (χ0n) is 43.4. The minimum absolute atomic E-state index is 0.108. The zero-order valence-corrected chi connectivity index (χ0v) is 28.3. The molecule has 7 aromatic carbocycles. The summed E-state index contributed by atoms with van der Waals surface area (Å²) in [6, 6.07) is 22.2. The smallest absolute Gasteiger partial charge is 0.164 e. The molecule has 0 bridgehead atoms. The molecule has 3 heterocycles. The molecule has 10 aromatic rings. The molecule has 3 aromatic heterocycles. The highest BCUT2D eigenvalue weighted by Gasteiger charge is 2.38. The molecule has 0 fully saturated rings. The summed E-state index contributed by atoms with van der Waals surface area (Å²) in [7, 11) is 0. The average Bonchev–Trinajstić information content (AvgIpc) is 4.00. The van der Waals surface area contributed by atoms with Crippen molar-refractivity contribution in [1.82, 2.24) is 19.5 Å². The maximum Gasteiger partial charge on any atom is 0.164 e. The lowest BCUT2D eigenvalue weighted by Crippen LogP contribution is -2.16. The second-order valence-corrected chi connectivity index (χ2v) is 13.9. The van der Waals surface area contributed by atoms with Crippen LogP contribution < -0.4 is 0 Å². The Labute approximate surface area is 333 Å². The molecule has 4 nitrogen and oxygen atoms in total. The highest BCUT2D eigenvalue weighted by Crippen LogP contribution is 2.53. The third kappa shape index (κ3) is 4.51. The van der Waals surface area contributed by atoms with Crippen molar-refractivity contribution >= 4 is 53.3 Å². The van der Waals surface area contributed by atoms with E-state index in [1.807, 2.05) is 60.7 Å². The highest BCUT2D eigenvalue weighted by molar-refractivity contribution is 7.25. The number of nitrogens with zero attached hydrogens (tertiary/aromatic N) is 4. The van der Waals surface area contributed by atoms with Gasteiger partial charge in [-0.3, -0.25) is 0 Å². The maximum absolute atomic E-state index is 9.46. The van der Waals surface area contributed by atoms with Crippen LogP contribution >= 0.6 is 11.3 Å².